The summed E-state index contributed by atoms with van der Waals surface area (Å²) in [6.45, 7) is 3.29. The molecule has 0 atom stereocenters. The van der Waals surface area contributed by atoms with Crippen molar-refractivity contribution in [2.75, 3.05) is 13.1 Å². The smallest absolute Gasteiger partial charge is 0.243 e. The lowest BCUT2D eigenvalue weighted by atomic mass is 10.2. The van der Waals surface area contributed by atoms with E-state index in [1.165, 1.54) is 5.56 Å². The highest BCUT2D eigenvalue weighted by molar-refractivity contribution is 7.89. The van der Waals surface area contributed by atoms with Gasteiger partial charge in [0, 0.05) is 25.5 Å². The topological polar surface area (TPSA) is 54.7 Å². The van der Waals surface area contributed by atoms with E-state index in [9.17, 15) is 8.42 Å². The van der Waals surface area contributed by atoms with Gasteiger partial charge in [-0.25, -0.2) is 13.4 Å². The van der Waals surface area contributed by atoms with Gasteiger partial charge in [0.1, 0.15) is 0 Å². The third-order valence-corrected chi connectivity index (χ3v) is 7.87. The number of benzene rings is 2. The molecule has 1 fully saturated rings. The highest BCUT2D eigenvalue weighted by atomic mass is 32.2. The summed E-state index contributed by atoms with van der Waals surface area (Å²) in [5, 5.41) is 2.05. The Balaban J connectivity index is 1.63. The van der Waals surface area contributed by atoms with Gasteiger partial charge in [0.25, 0.3) is 0 Å². The number of rotatable bonds is 4. The molecule has 4 rings (SSSR count). The summed E-state index contributed by atoms with van der Waals surface area (Å²) in [4.78, 5) is 5.97. The second-order valence-corrected chi connectivity index (χ2v) is 9.82. The van der Waals surface area contributed by atoms with Gasteiger partial charge in [-0.1, -0.05) is 29.8 Å². The first-order valence-corrected chi connectivity index (χ1v) is 11.6. The highest BCUT2D eigenvalue weighted by Crippen LogP contribution is 2.25. The Morgan fingerprint density at radius 1 is 0.964 bits per heavy atom. The molecule has 2 heterocycles. The van der Waals surface area contributed by atoms with Gasteiger partial charge in [0.15, 0.2) is 4.80 Å². The Kier molecular flexibility index (Phi) is 5.23. The monoisotopic (exact) mass is 413 g/mol. The number of thiazole rings is 1. The van der Waals surface area contributed by atoms with E-state index in [1.54, 1.807) is 27.8 Å². The maximum Gasteiger partial charge on any atom is 0.243 e. The van der Waals surface area contributed by atoms with E-state index in [2.05, 4.69) is 12.3 Å². The van der Waals surface area contributed by atoms with Crippen LogP contribution in [0.2, 0.25) is 0 Å². The number of sulfonamides is 1. The van der Waals surface area contributed by atoms with Gasteiger partial charge in [-0.15, -0.1) is 11.3 Å². The van der Waals surface area contributed by atoms with Gasteiger partial charge in [-0.2, -0.15) is 4.31 Å². The molecule has 0 bridgehead atoms. The van der Waals surface area contributed by atoms with Crippen LogP contribution in [0.25, 0.3) is 11.3 Å². The molecule has 1 aliphatic rings. The molecule has 2 aromatic carbocycles. The van der Waals surface area contributed by atoms with Crippen molar-refractivity contribution in [3.05, 3.63) is 64.3 Å². The Hall–Kier alpha value is -2.22. The lowest BCUT2D eigenvalue weighted by molar-refractivity contribution is 0.477. The van der Waals surface area contributed by atoms with Gasteiger partial charge in [-0.05, 0) is 49.6 Å². The molecule has 7 heteroatoms. The van der Waals surface area contributed by atoms with Crippen molar-refractivity contribution in [3.63, 3.8) is 0 Å². The van der Waals surface area contributed by atoms with Crippen molar-refractivity contribution < 1.29 is 8.42 Å². The van der Waals surface area contributed by atoms with Gasteiger partial charge >= 0.3 is 0 Å². The number of hydrogen-bond acceptors (Lipinski definition) is 4. The van der Waals surface area contributed by atoms with E-state index in [-0.39, 0.29) is 0 Å². The normalized spacial score (nSPS) is 16.0. The molecule has 1 saturated heterocycles. The van der Waals surface area contributed by atoms with E-state index in [0.29, 0.717) is 18.0 Å². The lowest BCUT2D eigenvalue weighted by Crippen LogP contribution is -2.27. The Morgan fingerprint density at radius 3 is 2.25 bits per heavy atom. The van der Waals surface area contributed by atoms with Gasteiger partial charge < -0.3 is 4.57 Å². The van der Waals surface area contributed by atoms with Crippen LogP contribution in [-0.2, 0) is 17.1 Å². The van der Waals surface area contributed by atoms with Gasteiger partial charge in [0.2, 0.25) is 10.0 Å². The summed E-state index contributed by atoms with van der Waals surface area (Å²) in [5.41, 5.74) is 4.12. The lowest BCUT2D eigenvalue weighted by Gasteiger charge is -2.15. The van der Waals surface area contributed by atoms with Crippen LogP contribution in [0.5, 0.6) is 0 Å². The number of hydrogen-bond donors (Lipinski definition) is 0. The maximum absolute atomic E-state index is 12.7. The molecular formula is C21H23N3O2S2. The summed E-state index contributed by atoms with van der Waals surface area (Å²) in [7, 11) is -1.40. The van der Waals surface area contributed by atoms with E-state index in [4.69, 9.17) is 4.99 Å². The fourth-order valence-electron chi connectivity index (χ4n) is 3.34. The van der Waals surface area contributed by atoms with Crippen LogP contribution in [0.3, 0.4) is 0 Å². The van der Waals surface area contributed by atoms with Crippen LogP contribution in [-0.4, -0.2) is 30.4 Å². The van der Waals surface area contributed by atoms with E-state index < -0.39 is 10.0 Å². The van der Waals surface area contributed by atoms with Crippen LogP contribution >= 0.6 is 11.3 Å². The SMILES string of the molecule is Cc1ccc(N=c2scc(-c3ccc(S(=O)(=O)N4CCCC4)cc3)n2C)cc1. The van der Waals surface area contributed by atoms with Crippen molar-refractivity contribution in [2.24, 2.45) is 12.0 Å². The van der Waals surface area contributed by atoms with Crippen LogP contribution in [0.1, 0.15) is 18.4 Å². The maximum atomic E-state index is 12.7. The minimum absolute atomic E-state index is 0.362. The summed E-state index contributed by atoms with van der Waals surface area (Å²) >= 11 is 1.57. The van der Waals surface area contributed by atoms with E-state index in [0.717, 1.165) is 34.6 Å². The first-order valence-electron chi connectivity index (χ1n) is 9.32. The molecule has 1 aliphatic heterocycles. The van der Waals surface area contributed by atoms with Crippen molar-refractivity contribution in [1.82, 2.24) is 8.87 Å². The zero-order valence-electron chi connectivity index (χ0n) is 16.0. The largest absolute Gasteiger partial charge is 0.320 e. The van der Waals surface area contributed by atoms with Crippen molar-refractivity contribution >= 4 is 27.0 Å². The van der Waals surface area contributed by atoms with Gasteiger partial charge in [-0.3, -0.25) is 0 Å². The molecule has 5 nitrogen and oxygen atoms in total. The third-order valence-electron chi connectivity index (χ3n) is 5.04. The molecular weight excluding hydrogens is 390 g/mol. The summed E-state index contributed by atoms with van der Waals surface area (Å²) < 4.78 is 29.0. The first-order chi connectivity index (χ1) is 13.4. The summed E-state index contributed by atoms with van der Waals surface area (Å²) in [6, 6.07) is 15.3. The average molecular weight is 414 g/mol. The molecule has 0 radical (unpaired) electrons. The Morgan fingerprint density at radius 2 is 1.61 bits per heavy atom. The minimum atomic E-state index is -3.38. The van der Waals surface area contributed by atoms with Gasteiger partial charge in [0.05, 0.1) is 16.3 Å². The molecule has 0 unspecified atom stereocenters. The number of aromatic nitrogens is 1. The second-order valence-electron chi connectivity index (χ2n) is 7.05. The summed E-state index contributed by atoms with van der Waals surface area (Å²) in [6.07, 6.45) is 1.88. The average Bonchev–Trinajstić information content (AvgIpc) is 3.35. The second kappa shape index (κ2) is 7.66. The third kappa shape index (κ3) is 3.70. The standard InChI is InChI=1S/C21H23N3O2S2/c1-16-5-9-18(10-6-16)22-21-23(2)20(15-27-21)17-7-11-19(12-8-17)28(25,26)24-13-3-4-14-24/h5-12,15H,3-4,13-14H2,1-2H3. The number of nitrogens with zero attached hydrogens (tertiary/aromatic N) is 3. The Labute approximate surface area is 169 Å². The quantitative estimate of drug-likeness (QED) is 0.647. The van der Waals surface area contributed by atoms with Crippen LogP contribution in [0.4, 0.5) is 5.69 Å². The molecule has 0 amide bonds. The molecule has 146 valence electrons. The van der Waals surface area contributed by atoms with Crippen LogP contribution in [0, 0.1) is 6.92 Å². The molecule has 0 spiro atoms. The highest BCUT2D eigenvalue weighted by Gasteiger charge is 2.27. The minimum Gasteiger partial charge on any atom is -0.320 e. The van der Waals surface area contributed by atoms with Crippen molar-refractivity contribution in [1.29, 1.82) is 0 Å². The zero-order chi connectivity index (χ0) is 19.7. The molecule has 3 aromatic rings. The molecule has 0 saturated carbocycles. The summed E-state index contributed by atoms with van der Waals surface area (Å²) in [5.74, 6) is 0. The Bertz CT molecular complexity index is 1140. The zero-order valence-corrected chi connectivity index (χ0v) is 17.6. The fourth-order valence-corrected chi connectivity index (χ4v) is 5.78. The molecule has 0 N–H and O–H groups in total. The number of aryl methyl sites for hydroxylation is 1. The molecule has 0 aliphatic carbocycles. The van der Waals surface area contributed by atoms with E-state index >= 15 is 0 Å². The van der Waals surface area contributed by atoms with Crippen LogP contribution < -0.4 is 4.80 Å². The predicted molar refractivity (Wildman–Crippen MR) is 113 cm³/mol. The van der Waals surface area contributed by atoms with Crippen molar-refractivity contribution in [2.45, 2.75) is 24.7 Å². The van der Waals surface area contributed by atoms with E-state index in [1.807, 2.05) is 48.0 Å². The molecule has 28 heavy (non-hydrogen) atoms. The van der Waals surface area contributed by atoms with Crippen molar-refractivity contribution in [3.8, 4) is 11.3 Å². The predicted octanol–water partition coefficient (Wildman–Crippen LogP) is 4.08. The fraction of sp³-hybridized carbons (Fsp3) is 0.286. The van der Waals surface area contributed by atoms with Crippen LogP contribution in [0.15, 0.2) is 63.8 Å². The first kappa shape index (κ1) is 19.1. The molecule has 1 aromatic heterocycles.